The van der Waals surface area contributed by atoms with Crippen LogP contribution in [0, 0.1) is 0 Å². The number of hydrogen-bond donors (Lipinski definition) is 2. The number of guanidine groups is 1. The summed E-state index contributed by atoms with van der Waals surface area (Å²) < 4.78 is 5.12. The molecule has 0 radical (unpaired) electrons. The van der Waals surface area contributed by atoms with Crippen molar-refractivity contribution in [1.29, 1.82) is 0 Å². The Kier molecular flexibility index (Phi) is 8.86. The predicted octanol–water partition coefficient (Wildman–Crippen LogP) is 2.60. The van der Waals surface area contributed by atoms with Crippen molar-refractivity contribution >= 4 is 40.8 Å². The first-order valence-electron chi connectivity index (χ1n) is 7.53. The number of hydrogen-bond acceptors (Lipinski definition) is 3. The second kappa shape index (κ2) is 10.4. The van der Waals surface area contributed by atoms with E-state index in [1.807, 2.05) is 12.3 Å². The third-order valence-corrected chi connectivity index (χ3v) is 3.43. The van der Waals surface area contributed by atoms with Gasteiger partial charge in [0, 0.05) is 38.3 Å². The molecule has 0 spiro atoms. The van der Waals surface area contributed by atoms with Crippen molar-refractivity contribution in [1.82, 2.24) is 15.6 Å². The number of methoxy groups -OCH3 is 1. The smallest absolute Gasteiger partial charge is 0.191 e. The largest absolute Gasteiger partial charge is 0.383 e. The van der Waals surface area contributed by atoms with Crippen LogP contribution < -0.4 is 10.6 Å². The Balaban J connectivity index is 0.00000264. The number of rotatable bonds is 6. The molecular weight excluding hydrogens is 403 g/mol. The zero-order valence-electron chi connectivity index (χ0n) is 13.9. The Morgan fingerprint density at radius 1 is 1.30 bits per heavy atom. The van der Waals surface area contributed by atoms with E-state index in [1.54, 1.807) is 14.2 Å². The molecule has 1 aromatic carbocycles. The summed E-state index contributed by atoms with van der Waals surface area (Å²) in [5, 5.41) is 7.79. The first-order valence-corrected chi connectivity index (χ1v) is 7.53. The minimum atomic E-state index is 0. The molecule has 1 unspecified atom stereocenters. The van der Waals surface area contributed by atoms with Gasteiger partial charge in [-0.3, -0.25) is 9.98 Å². The highest BCUT2D eigenvalue weighted by Gasteiger charge is 2.05. The minimum absolute atomic E-state index is 0. The first-order chi connectivity index (χ1) is 10.7. The average molecular weight is 428 g/mol. The summed E-state index contributed by atoms with van der Waals surface area (Å²) in [6, 6.07) is 10.6. The Hall–Kier alpha value is -1.41. The monoisotopic (exact) mass is 428 g/mol. The number of nitrogens with zero attached hydrogens (tertiary/aromatic N) is 2. The van der Waals surface area contributed by atoms with Crippen LogP contribution in [0.25, 0.3) is 10.9 Å². The lowest BCUT2D eigenvalue weighted by Gasteiger charge is -2.17. The van der Waals surface area contributed by atoms with Crippen LogP contribution in [0.2, 0.25) is 0 Å². The fraction of sp³-hybridized carbons (Fsp3) is 0.412. The zero-order valence-corrected chi connectivity index (χ0v) is 16.2. The van der Waals surface area contributed by atoms with E-state index >= 15 is 0 Å². The van der Waals surface area contributed by atoms with Gasteiger partial charge in [-0.2, -0.15) is 0 Å². The molecule has 5 nitrogen and oxygen atoms in total. The molecule has 2 N–H and O–H groups in total. The van der Waals surface area contributed by atoms with Crippen molar-refractivity contribution < 1.29 is 4.74 Å². The average Bonchev–Trinajstić information content (AvgIpc) is 2.54. The number of ether oxygens (including phenoxy) is 1. The molecule has 23 heavy (non-hydrogen) atoms. The van der Waals surface area contributed by atoms with E-state index in [1.165, 1.54) is 10.9 Å². The quantitative estimate of drug-likeness (QED) is 0.422. The molecule has 1 atom stereocenters. The normalized spacial score (nSPS) is 12.6. The molecule has 0 saturated heterocycles. The highest BCUT2D eigenvalue weighted by atomic mass is 127. The van der Waals surface area contributed by atoms with Gasteiger partial charge in [0.15, 0.2) is 5.96 Å². The van der Waals surface area contributed by atoms with Crippen LogP contribution in [0.1, 0.15) is 12.5 Å². The number of benzene rings is 1. The summed E-state index contributed by atoms with van der Waals surface area (Å²) in [6.45, 7) is 3.51. The van der Waals surface area contributed by atoms with Crippen molar-refractivity contribution in [2.24, 2.45) is 4.99 Å². The fourth-order valence-corrected chi connectivity index (χ4v) is 2.40. The number of aromatic nitrogens is 1. The van der Waals surface area contributed by atoms with Crippen molar-refractivity contribution in [3.05, 3.63) is 42.1 Å². The van der Waals surface area contributed by atoms with Gasteiger partial charge >= 0.3 is 0 Å². The number of nitrogens with one attached hydrogen (secondary N) is 2. The topological polar surface area (TPSA) is 58.5 Å². The molecule has 0 aliphatic rings. The summed E-state index contributed by atoms with van der Waals surface area (Å²) >= 11 is 0. The number of halogens is 1. The van der Waals surface area contributed by atoms with E-state index in [4.69, 9.17) is 4.74 Å². The Bertz CT molecular complexity index is 628. The van der Waals surface area contributed by atoms with Crippen molar-refractivity contribution in [2.45, 2.75) is 19.4 Å². The lowest BCUT2D eigenvalue weighted by molar-refractivity contribution is 0.179. The second-order valence-electron chi connectivity index (χ2n) is 5.24. The van der Waals surface area contributed by atoms with Gasteiger partial charge < -0.3 is 15.4 Å². The highest BCUT2D eigenvalue weighted by Crippen LogP contribution is 2.15. The number of para-hydroxylation sites is 1. The molecule has 0 bridgehead atoms. The number of aliphatic imine (C=N–C) groups is 1. The molecule has 2 aromatic rings. The molecule has 0 saturated carbocycles. The van der Waals surface area contributed by atoms with Crippen LogP contribution in [-0.4, -0.2) is 44.3 Å². The predicted molar refractivity (Wildman–Crippen MR) is 107 cm³/mol. The van der Waals surface area contributed by atoms with Gasteiger partial charge in [-0.05, 0) is 25.0 Å². The maximum atomic E-state index is 5.12. The van der Waals surface area contributed by atoms with Crippen LogP contribution in [0.4, 0.5) is 0 Å². The van der Waals surface area contributed by atoms with Crippen LogP contribution in [0.3, 0.4) is 0 Å². The van der Waals surface area contributed by atoms with Gasteiger partial charge in [0.1, 0.15) is 0 Å². The lowest BCUT2D eigenvalue weighted by Crippen LogP contribution is -2.44. The third kappa shape index (κ3) is 5.95. The molecule has 6 heteroatoms. The van der Waals surface area contributed by atoms with Gasteiger partial charge in [-0.1, -0.05) is 24.3 Å². The van der Waals surface area contributed by atoms with E-state index in [9.17, 15) is 0 Å². The maximum absolute atomic E-state index is 5.12. The molecule has 0 aliphatic carbocycles. The molecule has 0 fully saturated rings. The zero-order chi connectivity index (χ0) is 15.8. The molecule has 1 aromatic heterocycles. The van der Waals surface area contributed by atoms with Gasteiger partial charge in [0.05, 0.1) is 12.1 Å². The van der Waals surface area contributed by atoms with Gasteiger partial charge in [-0.25, -0.2) is 0 Å². The SMILES string of the molecule is CN=C(NCCc1cccc2cccnc12)NC(C)COC.I. The van der Waals surface area contributed by atoms with E-state index in [0.29, 0.717) is 6.61 Å². The Morgan fingerprint density at radius 2 is 2.09 bits per heavy atom. The molecule has 126 valence electrons. The van der Waals surface area contributed by atoms with Crippen LogP contribution in [-0.2, 0) is 11.2 Å². The van der Waals surface area contributed by atoms with E-state index in [0.717, 1.165) is 24.4 Å². The van der Waals surface area contributed by atoms with Gasteiger partial charge in [-0.15, -0.1) is 24.0 Å². The van der Waals surface area contributed by atoms with E-state index in [-0.39, 0.29) is 30.0 Å². The van der Waals surface area contributed by atoms with Gasteiger partial charge in [0.25, 0.3) is 0 Å². The molecular formula is C17H25IN4O. The van der Waals surface area contributed by atoms with Crippen molar-refractivity contribution in [3.8, 4) is 0 Å². The molecule has 0 amide bonds. The summed E-state index contributed by atoms with van der Waals surface area (Å²) in [6.07, 6.45) is 2.74. The molecule has 1 heterocycles. The van der Waals surface area contributed by atoms with Crippen LogP contribution in [0.15, 0.2) is 41.5 Å². The van der Waals surface area contributed by atoms with Gasteiger partial charge in [0.2, 0.25) is 0 Å². The van der Waals surface area contributed by atoms with E-state index in [2.05, 4.69) is 51.8 Å². The Morgan fingerprint density at radius 3 is 2.83 bits per heavy atom. The highest BCUT2D eigenvalue weighted by molar-refractivity contribution is 14.0. The Labute approximate surface area is 155 Å². The number of pyridine rings is 1. The fourth-order valence-electron chi connectivity index (χ4n) is 2.40. The standard InChI is InChI=1S/C17H24N4O.HI/c1-13(12-22-3)21-17(18-2)20-11-9-15-7-4-6-14-8-5-10-19-16(14)15;/h4-8,10,13H,9,11-12H2,1-3H3,(H2,18,20,21);1H. The van der Waals surface area contributed by atoms with Crippen molar-refractivity contribution in [3.63, 3.8) is 0 Å². The number of fused-ring (bicyclic) bond motifs is 1. The van der Waals surface area contributed by atoms with Crippen LogP contribution in [0.5, 0.6) is 0 Å². The van der Waals surface area contributed by atoms with Crippen molar-refractivity contribution in [2.75, 3.05) is 27.3 Å². The minimum Gasteiger partial charge on any atom is -0.383 e. The summed E-state index contributed by atoms with van der Waals surface area (Å²) in [5.74, 6) is 0.790. The lowest BCUT2D eigenvalue weighted by atomic mass is 10.1. The summed E-state index contributed by atoms with van der Waals surface area (Å²) in [7, 11) is 3.47. The van der Waals surface area contributed by atoms with Crippen LogP contribution >= 0.6 is 24.0 Å². The summed E-state index contributed by atoms with van der Waals surface area (Å²) in [4.78, 5) is 8.71. The van der Waals surface area contributed by atoms with E-state index < -0.39 is 0 Å². The molecule has 2 rings (SSSR count). The third-order valence-electron chi connectivity index (χ3n) is 3.43. The maximum Gasteiger partial charge on any atom is 0.191 e. The first kappa shape index (κ1) is 19.6. The molecule has 0 aliphatic heterocycles. The summed E-state index contributed by atoms with van der Waals surface area (Å²) in [5.41, 5.74) is 2.31. The second-order valence-corrected chi connectivity index (χ2v) is 5.24.